The molecule has 1 N–H and O–H groups in total. The van der Waals surface area contributed by atoms with Gasteiger partial charge in [-0.3, -0.25) is 4.79 Å². The Morgan fingerprint density at radius 3 is 2.85 bits per heavy atom. The Labute approximate surface area is 160 Å². The predicted octanol–water partition coefficient (Wildman–Crippen LogP) is 3.44. The Morgan fingerprint density at radius 1 is 1.19 bits per heavy atom. The third kappa shape index (κ3) is 3.54. The Hall–Kier alpha value is -3.19. The summed E-state index contributed by atoms with van der Waals surface area (Å²) in [5.74, 6) is 0.399. The van der Waals surface area contributed by atoms with Crippen LogP contribution in [0.4, 0.5) is 0 Å². The van der Waals surface area contributed by atoms with Gasteiger partial charge in [-0.15, -0.1) is 11.3 Å². The standard InChI is InChI=1S/C20H18N4O2S/c1-26-18-8-7-15(14-5-3-2-4-6-14)11-17(18)19(25)21-10-9-16-12-27-20-22-13-23-24(16)20/h2-8,11-13H,9-10H2,1H3,(H,21,25). The van der Waals surface area contributed by atoms with Crippen LogP contribution in [-0.2, 0) is 6.42 Å². The van der Waals surface area contributed by atoms with Crippen LogP contribution < -0.4 is 10.1 Å². The van der Waals surface area contributed by atoms with E-state index < -0.39 is 0 Å². The third-order valence-electron chi connectivity index (χ3n) is 4.31. The molecule has 0 aliphatic heterocycles. The first-order chi connectivity index (χ1) is 13.3. The number of carbonyl (C=O) groups is 1. The first kappa shape index (κ1) is 17.2. The van der Waals surface area contributed by atoms with Crippen molar-refractivity contribution in [2.24, 2.45) is 0 Å². The van der Waals surface area contributed by atoms with Gasteiger partial charge in [0.15, 0.2) is 0 Å². The molecule has 2 aromatic carbocycles. The Balaban J connectivity index is 1.49. The van der Waals surface area contributed by atoms with E-state index in [1.165, 1.54) is 17.7 Å². The van der Waals surface area contributed by atoms with E-state index in [4.69, 9.17) is 4.74 Å². The fourth-order valence-electron chi connectivity index (χ4n) is 2.94. The van der Waals surface area contributed by atoms with E-state index in [1.807, 2.05) is 53.9 Å². The van der Waals surface area contributed by atoms with Crippen LogP contribution in [0, 0.1) is 0 Å². The third-order valence-corrected chi connectivity index (χ3v) is 5.19. The number of amides is 1. The number of fused-ring (bicyclic) bond motifs is 1. The van der Waals surface area contributed by atoms with Crippen LogP contribution in [0.1, 0.15) is 16.1 Å². The number of nitrogens with zero attached hydrogens (tertiary/aromatic N) is 3. The van der Waals surface area contributed by atoms with Crippen molar-refractivity contribution in [3.63, 3.8) is 0 Å². The lowest BCUT2D eigenvalue weighted by Gasteiger charge is -2.11. The molecule has 27 heavy (non-hydrogen) atoms. The molecule has 2 heterocycles. The van der Waals surface area contributed by atoms with Gasteiger partial charge < -0.3 is 10.1 Å². The topological polar surface area (TPSA) is 68.5 Å². The molecule has 6 nitrogen and oxygen atoms in total. The molecule has 4 aromatic rings. The Bertz CT molecular complexity index is 1070. The van der Waals surface area contributed by atoms with Gasteiger partial charge in [-0.1, -0.05) is 36.4 Å². The first-order valence-corrected chi connectivity index (χ1v) is 9.42. The number of thiazole rings is 1. The SMILES string of the molecule is COc1ccc(-c2ccccc2)cc1C(=O)NCCc1csc2ncnn12. The number of carbonyl (C=O) groups excluding carboxylic acids is 1. The summed E-state index contributed by atoms with van der Waals surface area (Å²) in [5, 5.41) is 9.17. The highest BCUT2D eigenvalue weighted by molar-refractivity contribution is 7.15. The van der Waals surface area contributed by atoms with Crippen molar-refractivity contribution in [2.45, 2.75) is 6.42 Å². The normalized spacial score (nSPS) is 10.9. The van der Waals surface area contributed by atoms with Crippen LogP contribution in [0.2, 0.25) is 0 Å². The average Bonchev–Trinajstić information content (AvgIpc) is 3.33. The second-order valence-corrected chi connectivity index (χ2v) is 6.80. The molecular weight excluding hydrogens is 360 g/mol. The van der Waals surface area contributed by atoms with Gasteiger partial charge in [-0.05, 0) is 23.3 Å². The Morgan fingerprint density at radius 2 is 2.04 bits per heavy atom. The van der Waals surface area contributed by atoms with E-state index in [1.54, 1.807) is 11.6 Å². The van der Waals surface area contributed by atoms with Crippen LogP contribution in [0.25, 0.3) is 16.1 Å². The number of hydrogen-bond acceptors (Lipinski definition) is 5. The van der Waals surface area contributed by atoms with Crippen molar-refractivity contribution < 1.29 is 9.53 Å². The van der Waals surface area contributed by atoms with Gasteiger partial charge in [0.05, 0.1) is 18.4 Å². The van der Waals surface area contributed by atoms with Crippen molar-refractivity contribution in [2.75, 3.05) is 13.7 Å². The lowest BCUT2D eigenvalue weighted by Crippen LogP contribution is -2.26. The molecule has 0 atom stereocenters. The van der Waals surface area contributed by atoms with Crippen molar-refractivity contribution >= 4 is 22.2 Å². The van der Waals surface area contributed by atoms with E-state index in [9.17, 15) is 4.79 Å². The number of rotatable bonds is 6. The highest BCUT2D eigenvalue weighted by Gasteiger charge is 2.14. The van der Waals surface area contributed by atoms with Crippen LogP contribution in [0.3, 0.4) is 0 Å². The zero-order valence-corrected chi connectivity index (χ0v) is 15.6. The van der Waals surface area contributed by atoms with E-state index >= 15 is 0 Å². The molecule has 7 heteroatoms. The summed E-state index contributed by atoms with van der Waals surface area (Å²) in [4.78, 5) is 17.7. The zero-order chi connectivity index (χ0) is 18.6. The van der Waals surface area contributed by atoms with Crippen LogP contribution >= 0.6 is 11.3 Å². The second kappa shape index (κ2) is 7.59. The van der Waals surface area contributed by atoms with Gasteiger partial charge in [0.1, 0.15) is 12.1 Å². The molecule has 0 fully saturated rings. The highest BCUT2D eigenvalue weighted by Crippen LogP contribution is 2.26. The maximum Gasteiger partial charge on any atom is 0.255 e. The van der Waals surface area contributed by atoms with Gasteiger partial charge in [0.25, 0.3) is 5.91 Å². The van der Waals surface area contributed by atoms with Crippen LogP contribution in [0.5, 0.6) is 5.75 Å². The van der Waals surface area contributed by atoms with E-state index in [-0.39, 0.29) is 5.91 Å². The molecule has 0 unspecified atom stereocenters. The molecule has 2 aromatic heterocycles. The number of hydrogen-bond donors (Lipinski definition) is 1. The number of ether oxygens (including phenoxy) is 1. The lowest BCUT2D eigenvalue weighted by atomic mass is 10.0. The molecule has 0 saturated carbocycles. The summed E-state index contributed by atoms with van der Waals surface area (Å²) in [7, 11) is 1.57. The van der Waals surface area contributed by atoms with Crippen molar-refractivity contribution in [3.05, 3.63) is 71.5 Å². The smallest absolute Gasteiger partial charge is 0.255 e. The monoisotopic (exact) mass is 378 g/mol. The van der Waals surface area contributed by atoms with Gasteiger partial charge in [0, 0.05) is 18.3 Å². The summed E-state index contributed by atoms with van der Waals surface area (Å²) in [6.45, 7) is 0.503. The first-order valence-electron chi connectivity index (χ1n) is 8.54. The minimum atomic E-state index is -0.158. The van der Waals surface area contributed by atoms with Crippen LogP contribution in [0.15, 0.2) is 60.2 Å². The summed E-state index contributed by atoms with van der Waals surface area (Å²) in [6, 6.07) is 15.6. The molecule has 0 bridgehead atoms. The fourth-order valence-corrected chi connectivity index (χ4v) is 3.77. The van der Waals surface area contributed by atoms with E-state index in [0.29, 0.717) is 24.3 Å². The second-order valence-electron chi connectivity index (χ2n) is 5.97. The van der Waals surface area contributed by atoms with Gasteiger partial charge in [-0.2, -0.15) is 5.10 Å². The van der Waals surface area contributed by atoms with Crippen molar-refractivity contribution in [3.8, 4) is 16.9 Å². The predicted molar refractivity (Wildman–Crippen MR) is 105 cm³/mol. The van der Waals surface area contributed by atoms with Crippen LogP contribution in [-0.4, -0.2) is 34.2 Å². The van der Waals surface area contributed by atoms with Gasteiger partial charge >= 0.3 is 0 Å². The minimum Gasteiger partial charge on any atom is -0.496 e. The molecule has 0 saturated heterocycles. The number of nitrogens with one attached hydrogen (secondary N) is 1. The summed E-state index contributed by atoms with van der Waals surface area (Å²) >= 11 is 1.54. The molecule has 0 radical (unpaired) electrons. The zero-order valence-electron chi connectivity index (χ0n) is 14.8. The van der Waals surface area contributed by atoms with Gasteiger partial charge in [-0.25, -0.2) is 9.50 Å². The van der Waals surface area contributed by atoms with E-state index in [2.05, 4.69) is 15.4 Å². The van der Waals surface area contributed by atoms with Crippen molar-refractivity contribution in [1.82, 2.24) is 19.9 Å². The number of benzene rings is 2. The van der Waals surface area contributed by atoms with Gasteiger partial charge in [0.2, 0.25) is 4.96 Å². The molecule has 4 rings (SSSR count). The number of aromatic nitrogens is 3. The summed E-state index contributed by atoms with van der Waals surface area (Å²) in [5.41, 5.74) is 3.58. The summed E-state index contributed by atoms with van der Waals surface area (Å²) < 4.78 is 7.17. The highest BCUT2D eigenvalue weighted by atomic mass is 32.1. The Kier molecular flexibility index (Phi) is 4.84. The molecular formula is C20H18N4O2S. The van der Waals surface area contributed by atoms with Crippen molar-refractivity contribution in [1.29, 1.82) is 0 Å². The number of methoxy groups -OCH3 is 1. The quantitative estimate of drug-likeness (QED) is 0.558. The fraction of sp³-hybridized carbons (Fsp3) is 0.150. The van der Waals surface area contributed by atoms with E-state index in [0.717, 1.165) is 21.8 Å². The average molecular weight is 378 g/mol. The maximum atomic E-state index is 12.7. The molecule has 1 amide bonds. The molecule has 0 aliphatic carbocycles. The maximum absolute atomic E-state index is 12.7. The summed E-state index contributed by atoms with van der Waals surface area (Å²) in [6.07, 6.45) is 2.21. The minimum absolute atomic E-state index is 0.158. The lowest BCUT2D eigenvalue weighted by molar-refractivity contribution is 0.0951. The largest absolute Gasteiger partial charge is 0.496 e. The molecule has 136 valence electrons. The molecule has 0 aliphatic rings. The molecule has 0 spiro atoms.